The van der Waals surface area contributed by atoms with Crippen molar-refractivity contribution < 1.29 is 9.53 Å². The molecule has 1 amide bonds. The zero-order chi connectivity index (χ0) is 17.0. The van der Waals surface area contributed by atoms with Crippen LogP contribution in [-0.2, 0) is 16.1 Å². The molecule has 1 aromatic carbocycles. The Morgan fingerprint density at radius 1 is 1.33 bits per heavy atom. The number of carbonyl (C=O) groups is 1. The van der Waals surface area contributed by atoms with Gasteiger partial charge in [0.2, 0.25) is 5.91 Å². The van der Waals surface area contributed by atoms with E-state index in [1.54, 1.807) is 0 Å². The molecule has 2 saturated heterocycles. The molecular weight excluding hydrogens is 302 g/mol. The number of hydrogen-bond acceptors (Lipinski definition) is 4. The summed E-state index contributed by atoms with van der Waals surface area (Å²) in [6.07, 6.45) is 1.48. The maximum Gasteiger partial charge on any atom is 0.225 e. The predicted molar refractivity (Wildman–Crippen MR) is 94.4 cm³/mol. The van der Waals surface area contributed by atoms with E-state index in [4.69, 9.17) is 10.5 Å². The number of benzene rings is 1. The lowest BCUT2D eigenvalue weighted by Crippen LogP contribution is -2.44. The highest BCUT2D eigenvalue weighted by molar-refractivity contribution is 5.77. The van der Waals surface area contributed by atoms with Crippen LogP contribution in [-0.4, -0.2) is 61.1 Å². The summed E-state index contributed by atoms with van der Waals surface area (Å²) in [6.45, 7) is 7.78. The van der Waals surface area contributed by atoms with Crippen LogP contribution in [0.25, 0.3) is 0 Å². The Morgan fingerprint density at radius 3 is 2.83 bits per heavy atom. The number of morpholine rings is 1. The largest absolute Gasteiger partial charge is 0.375 e. The molecule has 2 N–H and O–H groups in total. The zero-order valence-corrected chi connectivity index (χ0v) is 14.6. The highest BCUT2D eigenvalue weighted by Gasteiger charge is 2.35. The molecule has 0 radical (unpaired) electrons. The molecular formula is C19H29N3O2. The molecule has 0 aliphatic carbocycles. The van der Waals surface area contributed by atoms with E-state index < -0.39 is 0 Å². The standard InChI is InChI=1S/C19H29N3O2/c1-19(14-20)7-8-22(15-19)18(23)11-17-13-21(9-10-24-17)12-16-5-3-2-4-6-16/h2-6,17H,7-15,20H2,1H3. The van der Waals surface area contributed by atoms with Gasteiger partial charge in [-0.05, 0) is 23.9 Å². The van der Waals surface area contributed by atoms with Crippen molar-refractivity contribution in [3.05, 3.63) is 35.9 Å². The number of carbonyl (C=O) groups excluding carboxylic acids is 1. The molecule has 2 atom stereocenters. The summed E-state index contributed by atoms with van der Waals surface area (Å²) in [4.78, 5) is 16.9. The number of nitrogens with two attached hydrogens (primary N) is 1. The third kappa shape index (κ3) is 4.35. The molecule has 0 aromatic heterocycles. The summed E-state index contributed by atoms with van der Waals surface area (Å²) in [6, 6.07) is 10.5. The second kappa shape index (κ2) is 7.64. The molecule has 2 heterocycles. The van der Waals surface area contributed by atoms with E-state index in [-0.39, 0.29) is 17.4 Å². The van der Waals surface area contributed by atoms with Gasteiger partial charge in [0, 0.05) is 32.7 Å². The van der Waals surface area contributed by atoms with Crippen LogP contribution in [0.2, 0.25) is 0 Å². The lowest BCUT2D eigenvalue weighted by molar-refractivity contribution is -0.135. The van der Waals surface area contributed by atoms with Gasteiger partial charge in [-0.2, -0.15) is 0 Å². The second-order valence-electron chi connectivity index (χ2n) is 7.50. The molecule has 0 spiro atoms. The lowest BCUT2D eigenvalue weighted by atomic mass is 9.90. The van der Waals surface area contributed by atoms with Crippen LogP contribution in [0.4, 0.5) is 0 Å². The van der Waals surface area contributed by atoms with Crippen molar-refractivity contribution in [1.29, 1.82) is 0 Å². The molecule has 1 aromatic rings. The van der Waals surface area contributed by atoms with E-state index in [0.717, 1.165) is 39.1 Å². The van der Waals surface area contributed by atoms with Gasteiger partial charge in [-0.15, -0.1) is 0 Å². The molecule has 5 heteroatoms. The van der Waals surface area contributed by atoms with E-state index in [1.165, 1.54) is 5.56 Å². The Morgan fingerprint density at radius 2 is 2.12 bits per heavy atom. The number of hydrogen-bond donors (Lipinski definition) is 1. The minimum Gasteiger partial charge on any atom is -0.375 e. The third-order valence-corrected chi connectivity index (χ3v) is 5.28. The SMILES string of the molecule is CC1(CN)CCN(C(=O)CC2CN(Cc3ccccc3)CCO2)C1. The van der Waals surface area contributed by atoms with Gasteiger partial charge < -0.3 is 15.4 Å². The summed E-state index contributed by atoms with van der Waals surface area (Å²) in [5, 5.41) is 0. The molecule has 0 saturated carbocycles. The Hall–Kier alpha value is -1.43. The van der Waals surface area contributed by atoms with Crippen LogP contribution in [0.1, 0.15) is 25.3 Å². The minimum atomic E-state index is -0.000283. The average molecular weight is 331 g/mol. The maximum atomic E-state index is 12.6. The highest BCUT2D eigenvalue weighted by atomic mass is 16.5. The molecule has 24 heavy (non-hydrogen) atoms. The summed E-state index contributed by atoms with van der Waals surface area (Å²) in [7, 11) is 0. The highest BCUT2D eigenvalue weighted by Crippen LogP contribution is 2.29. The van der Waals surface area contributed by atoms with Crippen LogP contribution < -0.4 is 5.73 Å². The topological polar surface area (TPSA) is 58.8 Å². The Kier molecular flexibility index (Phi) is 5.54. The van der Waals surface area contributed by atoms with Crippen LogP contribution in [0.15, 0.2) is 30.3 Å². The maximum absolute atomic E-state index is 12.6. The van der Waals surface area contributed by atoms with Crippen molar-refractivity contribution in [2.45, 2.75) is 32.4 Å². The summed E-state index contributed by atoms with van der Waals surface area (Å²) < 4.78 is 5.84. The van der Waals surface area contributed by atoms with Gasteiger partial charge in [0.15, 0.2) is 0 Å². The van der Waals surface area contributed by atoms with Crippen molar-refractivity contribution >= 4 is 5.91 Å². The number of likely N-dealkylation sites (tertiary alicyclic amines) is 1. The molecule has 132 valence electrons. The second-order valence-corrected chi connectivity index (χ2v) is 7.50. The van der Waals surface area contributed by atoms with Crippen molar-refractivity contribution in [3.8, 4) is 0 Å². The van der Waals surface area contributed by atoms with Crippen molar-refractivity contribution in [2.75, 3.05) is 39.3 Å². The predicted octanol–water partition coefficient (Wildman–Crippen LogP) is 1.47. The number of ether oxygens (including phenoxy) is 1. The van der Waals surface area contributed by atoms with Gasteiger partial charge in [-0.25, -0.2) is 0 Å². The summed E-state index contributed by atoms with van der Waals surface area (Å²) in [5.41, 5.74) is 7.23. The molecule has 0 bridgehead atoms. The average Bonchev–Trinajstić information content (AvgIpc) is 2.99. The van der Waals surface area contributed by atoms with Gasteiger partial charge in [0.05, 0.1) is 19.1 Å². The van der Waals surface area contributed by atoms with Crippen LogP contribution in [0, 0.1) is 5.41 Å². The Labute approximate surface area is 144 Å². The smallest absolute Gasteiger partial charge is 0.225 e. The van der Waals surface area contributed by atoms with Gasteiger partial charge in [0.1, 0.15) is 0 Å². The van der Waals surface area contributed by atoms with Gasteiger partial charge >= 0.3 is 0 Å². The van der Waals surface area contributed by atoms with E-state index >= 15 is 0 Å². The lowest BCUT2D eigenvalue weighted by Gasteiger charge is -2.33. The molecule has 3 rings (SSSR count). The number of rotatable bonds is 5. The normalized spacial score (nSPS) is 28.2. The Balaban J connectivity index is 1.49. The molecule has 2 fully saturated rings. The quantitative estimate of drug-likeness (QED) is 0.888. The molecule has 2 unspecified atom stereocenters. The molecule has 2 aliphatic heterocycles. The van der Waals surface area contributed by atoms with Gasteiger partial charge in [-0.3, -0.25) is 9.69 Å². The first-order valence-corrected chi connectivity index (χ1v) is 8.94. The fraction of sp³-hybridized carbons (Fsp3) is 0.632. The molecule has 2 aliphatic rings. The number of amides is 1. The van der Waals surface area contributed by atoms with E-state index in [1.807, 2.05) is 11.0 Å². The van der Waals surface area contributed by atoms with Crippen LogP contribution >= 0.6 is 0 Å². The minimum absolute atomic E-state index is 0.000283. The van der Waals surface area contributed by atoms with Crippen LogP contribution in [0.3, 0.4) is 0 Å². The third-order valence-electron chi connectivity index (χ3n) is 5.28. The van der Waals surface area contributed by atoms with E-state index in [2.05, 4.69) is 36.1 Å². The van der Waals surface area contributed by atoms with Crippen molar-refractivity contribution in [1.82, 2.24) is 9.80 Å². The first kappa shape index (κ1) is 17.4. The Bertz CT molecular complexity index is 551. The number of nitrogens with zero attached hydrogens (tertiary/aromatic N) is 2. The first-order chi connectivity index (χ1) is 11.6. The van der Waals surface area contributed by atoms with Crippen molar-refractivity contribution in [3.63, 3.8) is 0 Å². The summed E-state index contributed by atoms with van der Waals surface area (Å²) >= 11 is 0. The van der Waals surface area contributed by atoms with Gasteiger partial charge in [0.25, 0.3) is 0 Å². The first-order valence-electron chi connectivity index (χ1n) is 8.94. The van der Waals surface area contributed by atoms with E-state index in [9.17, 15) is 4.79 Å². The fourth-order valence-corrected chi connectivity index (χ4v) is 3.62. The zero-order valence-electron chi connectivity index (χ0n) is 14.6. The van der Waals surface area contributed by atoms with E-state index in [0.29, 0.717) is 19.6 Å². The van der Waals surface area contributed by atoms with Crippen LogP contribution in [0.5, 0.6) is 0 Å². The molecule has 5 nitrogen and oxygen atoms in total. The van der Waals surface area contributed by atoms with Gasteiger partial charge in [-0.1, -0.05) is 37.3 Å². The van der Waals surface area contributed by atoms with Crippen molar-refractivity contribution in [2.24, 2.45) is 11.1 Å². The monoisotopic (exact) mass is 331 g/mol. The summed E-state index contributed by atoms with van der Waals surface area (Å²) in [5.74, 6) is 0.207. The fourth-order valence-electron chi connectivity index (χ4n) is 3.62.